The summed E-state index contributed by atoms with van der Waals surface area (Å²) in [5, 5.41) is 6.28. The Balaban J connectivity index is 0.00000120. The van der Waals surface area contributed by atoms with Crippen molar-refractivity contribution in [3.8, 4) is 0 Å². The van der Waals surface area contributed by atoms with Gasteiger partial charge >= 0.3 is 6.09 Å². The van der Waals surface area contributed by atoms with Crippen LogP contribution in [0.5, 0.6) is 0 Å². The van der Waals surface area contributed by atoms with Gasteiger partial charge in [0.05, 0.1) is 6.04 Å². The highest BCUT2D eigenvalue weighted by Crippen LogP contribution is 2.33. The molecule has 1 aliphatic carbocycles. The molecule has 0 spiro atoms. The monoisotopic (exact) mass is 268 g/mol. The number of carbonyl (C=O) groups excluding carboxylic acids is 1. The van der Waals surface area contributed by atoms with E-state index in [1.54, 1.807) is 0 Å². The third-order valence-electron chi connectivity index (χ3n) is 3.64. The summed E-state index contributed by atoms with van der Waals surface area (Å²) in [5.74, 6) is 0.601. The Morgan fingerprint density at radius 1 is 1.39 bits per heavy atom. The number of rotatable bonds is 3. The molecule has 3 atom stereocenters. The number of halogens is 1. The van der Waals surface area contributed by atoms with Crippen LogP contribution in [0.15, 0.2) is 30.3 Å². The van der Waals surface area contributed by atoms with E-state index in [1.165, 1.54) is 6.42 Å². The van der Waals surface area contributed by atoms with Crippen LogP contribution in [-0.2, 0) is 11.3 Å². The van der Waals surface area contributed by atoms with Crippen molar-refractivity contribution in [2.45, 2.75) is 25.1 Å². The van der Waals surface area contributed by atoms with Gasteiger partial charge in [-0.1, -0.05) is 30.3 Å². The summed E-state index contributed by atoms with van der Waals surface area (Å²) in [6.45, 7) is 1.36. The van der Waals surface area contributed by atoms with Crippen molar-refractivity contribution in [3.63, 3.8) is 0 Å². The van der Waals surface area contributed by atoms with Crippen molar-refractivity contribution < 1.29 is 9.53 Å². The van der Waals surface area contributed by atoms with Crippen molar-refractivity contribution in [1.82, 2.24) is 10.6 Å². The number of amides is 1. The summed E-state index contributed by atoms with van der Waals surface area (Å²) in [6.07, 6.45) is 0.876. The third-order valence-corrected chi connectivity index (χ3v) is 3.64. The first-order valence-electron chi connectivity index (χ1n) is 6.03. The first-order valence-corrected chi connectivity index (χ1v) is 6.03. The largest absolute Gasteiger partial charge is 0.445 e. The van der Waals surface area contributed by atoms with E-state index in [4.69, 9.17) is 4.74 Å². The molecule has 0 aromatic heterocycles. The second-order valence-electron chi connectivity index (χ2n) is 4.74. The summed E-state index contributed by atoms with van der Waals surface area (Å²) in [4.78, 5) is 11.6. The predicted molar refractivity (Wildman–Crippen MR) is 70.7 cm³/mol. The smallest absolute Gasteiger partial charge is 0.407 e. The van der Waals surface area contributed by atoms with E-state index in [0.717, 1.165) is 12.1 Å². The molecule has 0 radical (unpaired) electrons. The Morgan fingerprint density at radius 3 is 2.78 bits per heavy atom. The average molecular weight is 269 g/mol. The van der Waals surface area contributed by atoms with Gasteiger partial charge in [-0.25, -0.2) is 4.79 Å². The summed E-state index contributed by atoms with van der Waals surface area (Å²) in [7, 11) is 0. The molecule has 3 aliphatic rings. The number of ether oxygens (including phenoxy) is 1. The summed E-state index contributed by atoms with van der Waals surface area (Å²) in [6, 6.07) is 10.5. The summed E-state index contributed by atoms with van der Waals surface area (Å²) < 4.78 is 5.18. The molecule has 4 rings (SSSR count). The van der Waals surface area contributed by atoms with Gasteiger partial charge < -0.3 is 15.4 Å². The molecule has 98 valence electrons. The Morgan fingerprint density at radius 2 is 2.17 bits per heavy atom. The number of carbonyl (C=O) groups is 1. The molecule has 1 amide bonds. The maximum absolute atomic E-state index is 11.6. The zero-order valence-electron chi connectivity index (χ0n) is 9.96. The van der Waals surface area contributed by atoms with Crippen LogP contribution in [0.4, 0.5) is 4.79 Å². The van der Waals surface area contributed by atoms with Crippen molar-refractivity contribution in [1.29, 1.82) is 0 Å². The maximum Gasteiger partial charge on any atom is 0.407 e. The van der Waals surface area contributed by atoms with E-state index in [2.05, 4.69) is 10.6 Å². The quantitative estimate of drug-likeness (QED) is 0.877. The van der Waals surface area contributed by atoms with Crippen LogP contribution in [0, 0.1) is 5.92 Å². The topological polar surface area (TPSA) is 50.4 Å². The number of hydrogen-bond donors (Lipinski definition) is 2. The van der Waals surface area contributed by atoms with E-state index in [-0.39, 0.29) is 24.5 Å². The zero-order valence-corrected chi connectivity index (χ0v) is 10.8. The molecular formula is C13H17ClN2O2. The van der Waals surface area contributed by atoms with E-state index in [9.17, 15) is 4.79 Å². The lowest BCUT2D eigenvalue weighted by Crippen LogP contribution is -2.54. The van der Waals surface area contributed by atoms with Gasteiger partial charge in [0.1, 0.15) is 6.61 Å². The molecule has 5 heteroatoms. The summed E-state index contributed by atoms with van der Waals surface area (Å²) in [5.41, 5.74) is 1.01. The predicted octanol–water partition coefficient (Wildman–Crippen LogP) is 1.69. The molecule has 2 saturated heterocycles. The first kappa shape index (κ1) is 13.2. The Labute approximate surface area is 113 Å². The molecule has 2 aliphatic heterocycles. The van der Waals surface area contributed by atoms with Crippen LogP contribution >= 0.6 is 12.4 Å². The molecule has 1 aromatic rings. The minimum atomic E-state index is -0.308. The van der Waals surface area contributed by atoms with Gasteiger partial charge in [0, 0.05) is 12.6 Å². The van der Waals surface area contributed by atoms with Gasteiger partial charge in [0.2, 0.25) is 0 Å². The highest BCUT2D eigenvalue weighted by atomic mass is 35.5. The molecular weight excluding hydrogens is 252 g/mol. The fraction of sp³-hybridized carbons (Fsp3) is 0.462. The van der Waals surface area contributed by atoms with Crippen LogP contribution < -0.4 is 10.6 Å². The first-order chi connectivity index (χ1) is 8.33. The molecule has 0 unspecified atom stereocenters. The van der Waals surface area contributed by atoms with Gasteiger partial charge in [-0.3, -0.25) is 0 Å². The lowest BCUT2D eigenvalue weighted by atomic mass is 9.80. The van der Waals surface area contributed by atoms with Gasteiger partial charge in [-0.2, -0.15) is 0 Å². The van der Waals surface area contributed by atoms with Gasteiger partial charge in [-0.05, 0) is 17.9 Å². The van der Waals surface area contributed by atoms with Crippen LogP contribution in [0.1, 0.15) is 12.0 Å². The zero-order chi connectivity index (χ0) is 11.7. The van der Waals surface area contributed by atoms with Crippen molar-refractivity contribution >= 4 is 18.5 Å². The molecule has 1 aromatic carbocycles. The molecule has 2 N–H and O–H groups in total. The number of fused-ring (bicyclic) bond motifs is 1. The number of nitrogens with one attached hydrogen (secondary N) is 2. The van der Waals surface area contributed by atoms with Gasteiger partial charge in [-0.15, -0.1) is 12.4 Å². The van der Waals surface area contributed by atoms with Crippen LogP contribution in [0.3, 0.4) is 0 Å². The molecule has 4 nitrogen and oxygen atoms in total. The fourth-order valence-electron chi connectivity index (χ4n) is 2.59. The molecule has 18 heavy (non-hydrogen) atoms. The highest BCUT2D eigenvalue weighted by molar-refractivity contribution is 5.85. The Hall–Kier alpha value is -1.26. The third kappa shape index (κ3) is 2.60. The van der Waals surface area contributed by atoms with Crippen molar-refractivity contribution in [2.75, 3.05) is 6.54 Å². The SMILES string of the molecule is Cl.O=C(N[C@@H]1[C@@H]2CN[C@H]1C2)OCc1ccccc1. The van der Waals surface area contributed by atoms with Crippen molar-refractivity contribution in [3.05, 3.63) is 35.9 Å². The lowest BCUT2D eigenvalue weighted by Gasteiger charge is -2.34. The van der Waals surface area contributed by atoms with E-state index in [0.29, 0.717) is 18.6 Å². The molecule has 2 bridgehead atoms. The van der Waals surface area contributed by atoms with Crippen LogP contribution in [-0.4, -0.2) is 24.7 Å². The Bertz CT molecular complexity index is 399. The van der Waals surface area contributed by atoms with E-state index in [1.807, 2.05) is 30.3 Å². The number of hydrogen-bond acceptors (Lipinski definition) is 3. The average Bonchev–Trinajstić information content (AvgIpc) is 2.98. The summed E-state index contributed by atoms with van der Waals surface area (Å²) >= 11 is 0. The van der Waals surface area contributed by atoms with E-state index >= 15 is 0 Å². The van der Waals surface area contributed by atoms with Crippen molar-refractivity contribution in [2.24, 2.45) is 5.92 Å². The van der Waals surface area contributed by atoms with Gasteiger partial charge in [0.15, 0.2) is 0 Å². The van der Waals surface area contributed by atoms with Gasteiger partial charge in [0.25, 0.3) is 0 Å². The fourth-order valence-corrected chi connectivity index (χ4v) is 2.59. The molecule has 1 saturated carbocycles. The minimum Gasteiger partial charge on any atom is -0.445 e. The standard InChI is InChI=1S/C13H16N2O2.ClH/c16-13(15-12-10-6-11(12)14-7-10)17-8-9-4-2-1-3-5-9;/h1-5,10-12,14H,6-8H2,(H,15,16);1H/t10-,11-,12+;/m0./s1. The number of benzene rings is 1. The molecule has 3 fully saturated rings. The second-order valence-corrected chi connectivity index (χ2v) is 4.74. The minimum absolute atomic E-state index is 0. The maximum atomic E-state index is 11.6. The molecule has 2 heterocycles. The normalized spacial score (nSPS) is 27.9. The highest BCUT2D eigenvalue weighted by Gasteiger charge is 2.47. The second kappa shape index (κ2) is 5.59. The van der Waals surface area contributed by atoms with Crippen LogP contribution in [0.25, 0.3) is 0 Å². The van der Waals surface area contributed by atoms with E-state index < -0.39 is 0 Å². The Kier molecular flexibility index (Phi) is 4.09. The lowest BCUT2D eigenvalue weighted by molar-refractivity contribution is 0.123. The van der Waals surface area contributed by atoms with Crippen LogP contribution in [0.2, 0.25) is 0 Å². The number of alkyl carbamates (subject to hydrolysis) is 1.